The van der Waals surface area contributed by atoms with Crippen LogP contribution in [0.4, 0.5) is 18.9 Å². The summed E-state index contributed by atoms with van der Waals surface area (Å²) in [6.45, 7) is 2.43. The maximum atomic E-state index is 14.0. The average molecular weight is 577 g/mol. The van der Waals surface area contributed by atoms with Gasteiger partial charge in [-0.1, -0.05) is 74.5 Å². The molecule has 1 saturated heterocycles. The Balaban J connectivity index is 1.24. The van der Waals surface area contributed by atoms with Crippen molar-refractivity contribution in [2.75, 3.05) is 11.9 Å². The van der Waals surface area contributed by atoms with Crippen molar-refractivity contribution in [3.8, 4) is 0 Å². The standard InChI is InChI=1S/C32H27F3N2O5/c1-16(2)28(31(41)42-15-23(38)36-22-14-8-7-13-21(22)32(33,34)35)37-29(39)26-24-17-9-3-4-10-18(17)25(27(26)30(37)40)20-12-6-5-11-19(20)24/h3-14,16,24-28H,15H2,1-2H3,(H,36,38)/t24?,25?,26-,27+,28-/m0/s1. The fraction of sp³-hybridized carbons (Fsp3) is 0.312. The number of amides is 3. The Morgan fingerprint density at radius 1 is 0.810 bits per heavy atom. The molecule has 0 aromatic heterocycles. The maximum Gasteiger partial charge on any atom is 0.418 e. The lowest BCUT2D eigenvalue weighted by atomic mass is 9.55. The van der Waals surface area contributed by atoms with E-state index in [-0.39, 0.29) is 11.8 Å². The van der Waals surface area contributed by atoms with Gasteiger partial charge in [-0.3, -0.25) is 19.3 Å². The third kappa shape index (κ3) is 4.28. The van der Waals surface area contributed by atoms with Crippen LogP contribution >= 0.6 is 0 Å². The molecule has 0 unspecified atom stereocenters. The van der Waals surface area contributed by atoms with Crippen molar-refractivity contribution in [2.45, 2.75) is 37.9 Å². The number of rotatable bonds is 6. The van der Waals surface area contributed by atoms with Gasteiger partial charge in [0.25, 0.3) is 5.91 Å². The molecule has 7 rings (SSSR count). The van der Waals surface area contributed by atoms with E-state index in [1.54, 1.807) is 13.8 Å². The van der Waals surface area contributed by atoms with Crippen LogP contribution in [0.2, 0.25) is 0 Å². The molecule has 3 amide bonds. The fourth-order valence-electron chi connectivity index (χ4n) is 6.90. The Kier molecular flexibility index (Phi) is 6.67. The van der Waals surface area contributed by atoms with Crippen LogP contribution in [-0.4, -0.2) is 41.2 Å². The Morgan fingerprint density at radius 3 is 1.71 bits per heavy atom. The van der Waals surface area contributed by atoms with Crippen LogP contribution in [0.3, 0.4) is 0 Å². The van der Waals surface area contributed by atoms with Crippen LogP contribution < -0.4 is 5.32 Å². The minimum absolute atomic E-state index is 0.350. The lowest BCUT2D eigenvalue weighted by Crippen LogP contribution is -2.49. The van der Waals surface area contributed by atoms with Crippen LogP contribution in [0.1, 0.15) is 53.5 Å². The Bertz CT molecular complexity index is 1500. The number of para-hydroxylation sites is 1. The van der Waals surface area contributed by atoms with E-state index in [0.717, 1.165) is 39.3 Å². The molecule has 216 valence electrons. The fourth-order valence-corrected chi connectivity index (χ4v) is 6.90. The van der Waals surface area contributed by atoms with Crippen molar-refractivity contribution >= 4 is 29.4 Å². The molecule has 1 aliphatic heterocycles. The number of alkyl halides is 3. The zero-order chi connectivity index (χ0) is 29.9. The summed E-state index contributed by atoms with van der Waals surface area (Å²) in [5.41, 5.74) is 2.44. The van der Waals surface area contributed by atoms with Gasteiger partial charge in [-0.05, 0) is 40.3 Å². The molecule has 1 fully saturated rings. The molecule has 1 heterocycles. The summed E-state index contributed by atoms with van der Waals surface area (Å²) in [6.07, 6.45) is -4.70. The number of halogens is 3. The molecule has 10 heteroatoms. The first-order valence-corrected chi connectivity index (χ1v) is 13.7. The molecule has 3 aliphatic carbocycles. The van der Waals surface area contributed by atoms with Crippen molar-refractivity contribution in [1.82, 2.24) is 4.90 Å². The average Bonchev–Trinajstić information content (AvgIpc) is 3.21. The van der Waals surface area contributed by atoms with Gasteiger partial charge in [0.2, 0.25) is 11.8 Å². The quantitative estimate of drug-likeness (QED) is 0.326. The van der Waals surface area contributed by atoms with Gasteiger partial charge in [-0.25, -0.2) is 4.79 Å². The highest BCUT2D eigenvalue weighted by Crippen LogP contribution is 2.61. The molecule has 3 atom stereocenters. The van der Waals surface area contributed by atoms with E-state index in [9.17, 15) is 32.3 Å². The van der Waals surface area contributed by atoms with E-state index in [0.29, 0.717) is 0 Å². The summed E-state index contributed by atoms with van der Waals surface area (Å²) in [6, 6.07) is 18.7. The van der Waals surface area contributed by atoms with Gasteiger partial charge in [0.1, 0.15) is 6.04 Å². The molecule has 3 aromatic carbocycles. The van der Waals surface area contributed by atoms with Gasteiger partial charge in [-0.2, -0.15) is 13.2 Å². The SMILES string of the molecule is CC(C)[C@@H](C(=O)OCC(=O)Nc1ccccc1C(F)(F)F)N1C(=O)[C@@H]2C3c4ccccc4C(c4ccccc43)[C@@H]2C1=O. The number of likely N-dealkylation sites (tertiary alicyclic amines) is 1. The van der Waals surface area contributed by atoms with Crippen molar-refractivity contribution in [3.05, 3.63) is 101 Å². The van der Waals surface area contributed by atoms with Crippen LogP contribution in [0.5, 0.6) is 0 Å². The number of benzene rings is 3. The second-order valence-corrected chi connectivity index (χ2v) is 11.2. The van der Waals surface area contributed by atoms with Crippen LogP contribution in [-0.2, 0) is 30.1 Å². The molecule has 3 aromatic rings. The van der Waals surface area contributed by atoms with Gasteiger partial charge in [0.05, 0.1) is 23.1 Å². The van der Waals surface area contributed by atoms with Gasteiger partial charge in [-0.15, -0.1) is 0 Å². The summed E-state index contributed by atoms with van der Waals surface area (Å²) in [7, 11) is 0. The number of hydrogen-bond donors (Lipinski definition) is 1. The second kappa shape index (κ2) is 10.1. The van der Waals surface area contributed by atoms with Gasteiger partial charge < -0.3 is 10.1 Å². The van der Waals surface area contributed by atoms with E-state index in [2.05, 4.69) is 5.32 Å². The first-order valence-electron chi connectivity index (χ1n) is 13.7. The molecule has 42 heavy (non-hydrogen) atoms. The largest absolute Gasteiger partial charge is 0.454 e. The van der Waals surface area contributed by atoms with E-state index in [4.69, 9.17) is 4.74 Å². The zero-order valence-electron chi connectivity index (χ0n) is 22.7. The number of esters is 1. The van der Waals surface area contributed by atoms with Crippen molar-refractivity contribution in [3.63, 3.8) is 0 Å². The number of carbonyl (C=O) groups excluding carboxylic acids is 4. The second-order valence-electron chi connectivity index (χ2n) is 11.2. The number of carbonyl (C=O) groups is 4. The van der Waals surface area contributed by atoms with E-state index >= 15 is 0 Å². The van der Waals surface area contributed by atoms with Crippen LogP contribution in [0, 0.1) is 17.8 Å². The van der Waals surface area contributed by atoms with Crippen LogP contribution in [0.15, 0.2) is 72.8 Å². The Morgan fingerprint density at radius 2 is 1.26 bits per heavy atom. The third-order valence-corrected chi connectivity index (χ3v) is 8.49. The highest BCUT2D eigenvalue weighted by molar-refractivity contribution is 6.10. The number of anilines is 1. The lowest BCUT2D eigenvalue weighted by molar-refractivity contribution is -0.162. The highest BCUT2D eigenvalue weighted by Gasteiger charge is 2.63. The van der Waals surface area contributed by atoms with Gasteiger partial charge >= 0.3 is 12.1 Å². The molecular weight excluding hydrogens is 549 g/mol. The topological polar surface area (TPSA) is 92.8 Å². The minimum Gasteiger partial charge on any atom is -0.454 e. The van der Waals surface area contributed by atoms with E-state index in [1.807, 2.05) is 48.5 Å². The molecule has 0 saturated carbocycles. The molecule has 4 aliphatic rings. The third-order valence-electron chi connectivity index (χ3n) is 8.49. The highest BCUT2D eigenvalue weighted by atomic mass is 19.4. The van der Waals surface area contributed by atoms with Crippen molar-refractivity contribution in [2.24, 2.45) is 17.8 Å². The molecule has 0 radical (unpaired) electrons. The first-order chi connectivity index (χ1) is 20.0. The predicted molar refractivity (Wildman–Crippen MR) is 145 cm³/mol. The summed E-state index contributed by atoms with van der Waals surface area (Å²) < 4.78 is 45.1. The molecule has 1 N–H and O–H groups in total. The Hall–Kier alpha value is -4.47. The first kappa shape index (κ1) is 27.7. The summed E-state index contributed by atoms with van der Waals surface area (Å²) >= 11 is 0. The van der Waals surface area contributed by atoms with Gasteiger partial charge in [0, 0.05) is 11.8 Å². The van der Waals surface area contributed by atoms with Crippen molar-refractivity contribution in [1.29, 1.82) is 0 Å². The number of ether oxygens (including phenoxy) is 1. The summed E-state index contributed by atoms with van der Waals surface area (Å²) in [5, 5.41) is 2.12. The van der Waals surface area contributed by atoms with E-state index in [1.165, 1.54) is 12.1 Å². The van der Waals surface area contributed by atoms with Crippen molar-refractivity contribution < 1.29 is 37.1 Å². The molecule has 7 nitrogen and oxygen atoms in total. The summed E-state index contributed by atoms with van der Waals surface area (Å²) in [5.74, 6) is -5.54. The monoisotopic (exact) mass is 576 g/mol. The lowest BCUT2D eigenvalue weighted by Gasteiger charge is -2.45. The summed E-state index contributed by atoms with van der Waals surface area (Å²) in [4.78, 5) is 54.9. The molecular formula is C32H27F3N2O5. The molecule has 2 bridgehead atoms. The molecule has 0 spiro atoms. The number of nitrogens with one attached hydrogen (secondary N) is 1. The number of imide groups is 1. The number of nitrogens with zero attached hydrogens (tertiary/aromatic N) is 1. The zero-order valence-corrected chi connectivity index (χ0v) is 22.7. The number of hydrogen-bond acceptors (Lipinski definition) is 5. The Labute approximate surface area is 239 Å². The van der Waals surface area contributed by atoms with E-state index < -0.39 is 71.5 Å². The predicted octanol–water partition coefficient (Wildman–Crippen LogP) is 5.10. The smallest absolute Gasteiger partial charge is 0.418 e. The maximum absolute atomic E-state index is 14.0. The minimum atomic E-state index is -4.70. The van der Waals surface area contributed by atoms with Crippen LogP contribution in [0.25, 0.3) is 0 Å². The van der Waals surface area contributed by atoms with Gasteiger partial charge in [0.15, 0.2) is 6.61 Å². The normalized spacial score (nSPS) is 22.9.